The monoisotopic (exact) mass is 255 g/mol. The summed E-state index contributed by atoms with van der Waals surface area (Å²) in [4.78, 5) is 0. The quantitative estimate of drug-likeness (QED) is 0.910. The van der Waals surface area contributed by atoms with Crippen molar-refractivity contribution < 1.29 is 8.78 Å². The van der Waals surface area contributed by atoms with E-state index < -0.39 is 11.6 Å². The van der Waals surface area contributed by atoms with Crippen LogP contribution in [-0.2, 0) is 0 Å². The molecule has 1 heterocycles. The van der Waals surface area contributed by atoms with E-state index in [4.69, 9.17) is 0 Å². The van der Waals surface area contributed by atoms with Crippen LogP contribution in [0.25, 0.3) is 11.3 Å². The van der Waals surface area contributed by atoms with E-state index in [1.54, 1.807) is 0 Å². The van der Waals surface area contributed by atoms with Crippen LogP contribution < -0.4 is 5.32 Å². The zero-order chi connectivity index (χ0) is 12.3. The first kappa shape index (κ1) is 11.9. The van der Waals surface area contributed by atoms with Gasteiger partial charge in [0.2, 0.25) is 0 Å². The minimum Gasteiger partial charge on any atom is -0.367 e. The molecular formula is C11H11F2N3S. The van der Waals surface area contributed by atoms with Gasteiger partial charge in [-0.05, 0) is 18.6 Å². The number of benzene rings is 1. The molecule has 0 unspecified atom stereocenters. The van der Waals surface area contributed by atoms with Crippen LogP contribution in [0.5, 0.6) is 0 Å². The minimum absolute atomic E-state index is 0.125. The van der Waals surface area contributed by atoms with Crippen LogP contribution in [0.4, 0.5) is 14.6 Å². The number of aromatic nitrogens is 2. The van der Waals surface area contributed by atoms with E-state index in [9.17, 15) is 8.78 Å². The summed E-state index contributed by atoms with van der Waals surface area (Å²) in [5.74, 6) is -0.824. The molecule has 6 heteroatoms. The van der Waals surface area contributed by atoms with E-state index in [0.29, 0.717) is 12.4 Å². The van der Waals surface area contributed by atoms with Crippen LogP contribution in [-0.4, -0.2) is 15.3 Å². The lowest BCUT2D eigenvalue weighted by atomic mass is 10.1. The fourth-order valence-electron chi connectivity index (χ4n) is 1.44. The third-order valence-corrected chi connectivity index (χ3v) is 2.76. The van der Waals surface area contributed by atoms with Gasteiger partial charge in [-0.2, -0.15) is 8.75 Å². The van der Waals surface area contributed by atoms with Crippen LogP contribution >= 0.6 is 11.7 Å². The Morgan fingerprint density at radius 3 is 2.59 bits per heavy atom. The molecule has 3 nitrogen and oxygen atoms in total. The molecule has 1 N–H and O–H groups in total. The summed E-state index contributed by atoms with van der Waals surface area (Å²) < 4.78 is 35.1. The zero-order valence-electron chi connectivity index (χ0n) is 9.20. The molecule has 2 aromatic rings. The summed E-state index contributed by atoms with van der Waals surface area (Å²) >= 11 is 0.933. The molecule has 0 fully saturated rings. The average Bonchev–Trinajstić information content (AvgIpc) is 2.74. The van der Waals surface area contributed by atoms with Crippen LogP contribution in [0.1, 0.15) is 13.3 Å². The van der Waals surface area contributed by atoms with Gasteiger partial charge < -0.3 is 5.32 Å². The van der Waals surface area contributed by atoms with Gasteiger partial charge in [0.25, 0.3) is 0 Å². The third kappa shape index (κ3) is 2.41. The molecule has 0 aliphatic heterocycles. The van der Waals surface area contributed by atoms with Gasteiger partial charge in [-0.1, -0.05) is 13.0 Å². The third-order valence-electron chi connectivity index (χ3n) is 2.23. The molecule has 90 valence electrons. The molecule has 0 saturated carbocycles. The Labute approximate surface area is 102 Å². The summed E-state index contributed by atoms with van der Waals surface area (Å²) in [6.07, 6.45) is 0.900. The maximum Gasteiger partial charge on any atom is 0.168 e. The maximum absolute atomic E-state index is 13.6. The number of anilines is 1. The van der Waals surface area contributed by atoms with Crippen molar-refractivity contribution in [3.8, 4) is 11.3 Å². The summed E-state index contributed by atoms with van der Waals surface area (Å²) in [5, 5.41) is 3.00. The molecule has 0 amide bonds. The SMILES string of the molecule is CCCNc1nsnc1-c1c(F)cccc1F. The Morgan fingerprint density at radius 2 is 1.94 bits per heavy atom. The predicted molar refractivity (Wildman–Crippen MR) is 64.0 cm³/mol. The Kier molecular flexibility index (Phi) is 3.63. The minimum atomic E-state index is -0.628. The first-order valence-corrected chi connectivity index (χ1v) is 5.98. The number of nitrogens with one attached hydrogen (secondary N) is 1. The molecule has 0 spiro atoms. The van der Waals surface area contributed by atoms with Crippen molar-refractivity contribution >= 4 is 17.5 Å². The molecule has 0 atom stereocenters. The second kappa shape index (κ2) is 5.18. The van der Waals surface area contributed by atoms with E-state index in [0.717, 1.165) is 18.1 Å². The summed E-state index contributed by atoms with van der Waals surface area (Å²) in [5.41, 5.74) is 0.110. The molecule has 1 aromatic heterocycles. The van der Waals surface area contributed by atoms with Gasteiger partial charge >= 0.3 is 0 Å². The van der Waals surface area contributed by atoms with Crippen LogP contribution in [0, 0.1) is 11.6 Å². The number of nitrogens with zero attached hydrogens (tertiary/aromatic N) is 2. The van der Waals surface area contributed by atoms with Gasteiger partial charge in [-0.3, -0.25) is 0 Å². The smallest absolute Gasteiger partial charge is 0.168 e. The summed E-state index contributed by atoms with van der Waals surface area (Å²) in [6, 6.07) is 3.75. The van der Waals surface area contributed by atoms with Crippen LogP contribution in [0.3, 0.4) is 0 Å². The second-order valence-electron chi connectivity index (χ2n) is 3.48. The highest BCUT2D eigenvalue weighted by molar-refractivity contribution is 6.99. The molecule has 2 rings (SSSR count). The van der Waals surface area contributed by atoms with Crippen molar-refractivity contribution in [2.24, 2.45) is 0 Å². The maximum atomic E-state index is 13.6. The van der Waals surface area contributed by atoms with Crippen molar-refractivity contribution in [2.75, 3.05) is 11.9 Å². The van der Waals surface area contributed by atoms with Gasteiger partial charge in [0.1, 0.15) is 17.3 Å². The zero-order valence-corrected chi connectivity index (χ0v) is 10.0. The first-order chi connectivity index (χ1) is 8.24. The number of rotatable bonds is 4. The molecule has 17 heavy (non-hydrogen) atoms. The predicted octanol–water partition coefficient (Wildman–Crippen LogP) is 3.31. The lowest BCUT2D eigenvalue weighted by Gasteiger charge is -2.05. The molecule has 0 saturated heterocycles. The van der Waals surface area contributed by atoms with Gasteiger partial charge in [0, 0.05) is 6.54 Å². The Balaban J connectivity index is 2.43. The standard InChI is InChI=1S/C11H11F2N3S/c1-2-6-14-11-10(15-17-16-11)9-7(12)4-3-5-8(9)13/h3-5H,2,6H2,1H3,(H,14,16). The Bertz CT molecular complexity index is 493. The Morgan fingerprint density at radius 1 is 1.24 bits per heavy atom. The van der Waals surface area contributed by atoms with Crippen molar-refractivity contribution in [1.82, 2.24) is 8.75 Å². The molecular weight excluding hydrogens is 244 g/mol. The fourth-order valence-corrected chi connectivity index (χ4v) is 1.97. The van der Waals surface area contributed by atoms with E-state index in [1.807, 2.05) is 6.92 Å². The van der Waals surface area contributed by atoms with Crippen molar-refractivity contribution in [3.05, 3.63) is 29.8 Å². The van der Waals surface area contributed by atoms with E-state index in [-0.39, 0.29) is 11.3 Å². The highest BCUT2D eigenvalue weighted by Gasteiger charge is 2.18. The van der Waals surface area contributed by atoms with Gasteiger partial charge in [-0.15, -0.1) is 0 Å². The fraction of sp³-hybridized carbons (Fsp3) is 0.273. The normalized spacial score (nSPS) is 10.5. The molecule has 0 bridgehead atoms. The second-order valence-corrected chi connectivity index (χ2v) is 4.01. The molecule has 0 radical (unpaired) electrons. The van der Waals surface area contributed by atoms with Crippen LogP contribution in [0.2, 0.25) is 0 Å². The number of hydrogen-bond acceptors (Lipinski definition) is 4. The molecule has 0 aliphatic carbocycles. The van der Waals surface area contributed by atoms with Crippen molar-refractivity contribution in [3.63, 3.8) is 0 Å². The number of hydrogen-bond donors (Lipinski definition) is 1. The first-order valence-electron chi connectivity index (χ1n) is 5.25. The topological polar surface area (TPSA) is 37.8 Å². The van der Waals surface area contributed by atoms with E-state index in [2.05, 4.69) is 14.1 Å². The lowest BCUT2D eigenvalue weighted by molar-refractivity contribution is 0.589. The Hall–Kier alpha value is -1.56. The van der Waals surface area contributed by atoms with Gasteiger partial charge in [-0.25, -0.2) is 8.78 Å². The van der Waals surface area contributed by atoms with Crippen molar-refractivity contribution in [1.29, 1.82) is 0 Å². The van der Waals surface area contributed by atoms with E-state index in [1.165, 1.54) is 18.2 Å². The number of halogens is 2. The van der Waals surface area contributed by atoms with Gasteiger partial charge in [0.05, 0.1) is 17.3 Å². The highest BCUT2D eigenvalue weighted by atomic mass is 32.1. The highest BCUT2D eigenvalue weighted by Crippen LogP contribution is 2.30. The summed E-state index contributed by atoms with van der Waals surface area (Å²) in [6.45, 7) is 2.69. The van der Waals surface area contributed by atoms with E-state index >= 15 is 0 Å². The average molecular weight is 255 g/mol. The van der Waals surface area contributed by atoms with Gasteiger partial charge in [0.15, 0.2) is 5.82 Å². The lowest BCUT2D eigenvalue weighted by Crippen LogP contribution is -2.02. The summed E-state index contributed by atoms with van der Waals surface area (Å²) in [7, 11) is 0. The van der Waals surface area contributed by atoms with Crippen LogP contribution in [0.15, 0.2) is 18.2 Å². The largest absolute Gasteiger partial charge is 0.367 e. The molecule has 1 aromatic carbocycles. The van der Waals surface area contributed by atoms with Crippen molar-refractivity contribution in [2.45, 2.75) is 13.3 Å². The molecule has 0 aliphatic rings.